The molecule has 164 valence electrons. The second kappa shape index (κ2) is 8.43. The van der Waals surface area contributed by atoms with Crippen molar-refractivity contribution in [3.63, 3.8) is 0 Å². The largest absolute Gasteiger partial charge is 0.493 e. The number of methoxy groups -OCH3 is 3. The second-order valence-corrected chi connectivity index (χ2v) is 8.91. The molecule has 1 aromatic heterocycles. The highest BCUT2D eigenvalue weighted by molar-refractivity contribution is 7.90. The molecule has 4 rings (SSSR count). The van der Waals surface area contributed by atoms with Gasteiger partial charge in [0.05, 0.1) is 31.7 Å². The summed E-state index contributed by atoms with van der Waals surface area (Å²) < 4.78 is 43.7. The molecule has 0 aliphatic heterocycles. The predicted molar refractivity (Wildman–Crippen MR) is 125 cm³/mol. The van der Waals surface area contributed by atoms with Gasteiger partial charge in [0.15, 0.2) is 11.5 Å². The van der Waals surface area contributed by atoms with E-state index in [1.807, 2.05) is 24.3 Å². The lowest BCUT2D eigenvalue weighted by Crippen LogP contribution is -2.11. The molecule has 0 aliphatic carbocycles. The summed E-state index contributed by atoms with van der Waals surface area (Å²) in [7, 11) is 0.989. The molecule has 0 amide bonds. The van der Waals surface area contributed by atoms with E-state index in [2.05, 4.69) is 6.58 Å². The maximum Gasteiger partial charge on any atom is 0.268 e. The van der Waals surface area contributed by atoms with Gasteiger partial charge in [0.2, 0.25) is 5.75 Å². The van der Waals surface area contributed by atoms with Crippen molar-refractivity contribution in [3.8, 4) is 17.2 Å². The van der Waals surface area contributed by atoms with Gasteiger partial charge in [-0.3, -0.25) is 0 Å². The van der Waals surface area contributed by atoms with Crippen LogP contribution in [-0.2, 0) is 10.0 Å². The van der Waals surface area contributed by atoms with Crippen molar-refractivity contribution in [2.75, 3.05) is 21.3 Å². The second-order valence-electron chi connectivity index (χ2n) is 7.10. The Kier molecular flexibility index (Phi) is 5.67. The van der Waals surface area contributed by atoms with E-state index in [1.54, 1.807) is 70.0 Å². The van der Waals surface area contributed by atoms with Crippen molar-refractivity contribution in [3.05, 3.63) is 90.6 Å². The molecule has 3 aromatic carbocycles. The Labute approximate surface area is 187 Å². The zero-order valence-electron chi connectivity index (χ0n) is 18.0. The van der Waals surface area contributed by atoms with Crippen LogP contribution in [0.1, 0.15) is 11.1 Å². The number of nitrogens with zero attached hydrogens (tertiary/aromatic N) is 1. The monoisotopic (exact) mass is 449 g/mol. The molecule has 1 heterocycles. The van der Waals surface area contributed by atoms with Crippen molar-refractivity contribution < 1.29 is 22.6 Å². The molecule has 0 spiro atoms. The molecule has 0 bridgehead atoms. The number of aromatic nitrogens is 1. The topological polar surface area (TPSA) is 66.8 Å². The van der Waals surface area contributed by atoms with Crippen LogP contribution in [0.25, 0.3) is 16.5 Å². The SMILES string of the molecule is C=C(c1cc(OC)c(OC)c(OC)c1)c1ccc2c(ccn2S(=O)(=O)c2ccccc2)c1. The van der Waals surface area contributed by atoms with Crippen LogP contribution in [0.4, 0.5) is 0 Å². The molecule has 0 saturated carbocycles. The number of benzene rings is 3. The van der Waals surface area contributed by atoms with Gasteiger partial charge in [-0.1, -0.05) is 30.8 Å². The van der Waals surface area contributed by atoms with E-state index in [9.17, 15) is 8.42 Å². The number of hydrogen-bond donors (Lipinski definition) is 0. The first-order valence-corrected chi connectivity index (χ1v) is 11.3. The molecular weight excluding hydrogens is 426 g/mol. The summed E-state index contributed by atoms with van der Waals surface area (Å²) in [6.45, 7) is 4.23. The number of hydrogen-bond acceptors (Lipinski definition) is 5. The first kappa shape index (κ1) is 21.5. The third-order valence-corrected chi connectivity index (χ3v) is 7.02. The standard InChI is InChI=1S/C25H23NO5S/c1-17(20-15-23(29-2)25(31-4)24(16-20)30-3)18-10-11-22-19(14-18)12-13-26(22)32(27,28)21-8-6-5-7-9-21/h5-16H,1H2,2-4H3. The Balaban J connectivity index is 1.76. The lowest BCUT2D eigenvalue weighted by molar-refractivity contribution is 0.324. The van der Waals surface area contributed by atoms with Crippen molar-refractivity contribution in [1.82, 2.24) is 3.97 Å². The first-order chi connectivity index (χ1) is 15.4. The minimum absolute atomic E-state index is 0.239. The maximum absolute atomic E-state index is 13.1. The van der Waals surface area contributed by atoms with Crippen LogP contribution in [0.5, 0.6) is 17.2 Å². The van der Waals surface area contributed by atoms with E-state index in [1.165, 1.54) is 3.97 Å². The fraction of sp³-hybridized carbons (Fsp3) is 0.120. The van der Waals surface area contributed by atoms with Gasteiger partial charge in [-0.05, 0) is 59.2 Å². The lowest BCUT2D eigenvalue weighted by Gasteiger charge is -2.15. The van der Waals surface area contributed by atoms with E-state index in [0.717, 1.165) is 22.1 Å². The Morgan fingerprint density at radius 1 is 0.812 bits per heavy atom. The average Bonchev–Trinajstić information content (AvgIpc) is 3.27. The minimum atomic E-state index is -3.69. The normalized spacial score (nSPS) is 11.3. The van der Waals surface area contributed by atoms with E-state index < -0.39 is 10.0 Å². The van der Waals surface area contributed by atoms with Gasteiger partial charge in [-0.15, -0.1) is 0 Å². The third kappa shape index (κ3) is 3.61. The fourth-order valence-corrected chi connectivity index (χ4v) is 5.02. The van der Waals surface area contributed by atoms with Gasteiger partial charge >= 0.3 is 0 Å². The van der Waals surface area contributed by atoms with Gasteiger partial charge in [0, 0.05) is 11.6 Å². The van der Waals surface area contributed by atoms with Crippen LogP contribution < -0.4 is 14.2 Å². The lowest BCUT2D eigenvalue weighted by atomic mass is 9.98. The summed E-state index contributed by atoms with van der Waals surface area (Å²) >= 11 is 0. The molecule has 0 unspecified atom stereocenters. The number of rotatable bonds is 7. The van der Waals surface area contributed by atoms with Crippen LogP contribution in [0.15, 0.2) is 84.4 Å². The molecule has 0 saturated heterocycles. The van der Waals surface area contributed by atoms with Gasteiger partial charge in [-0.2, -0.15) is 0 Å². The summed E-state index contributed by atoms with van der Waals surface area (Å²) in [4.78, 5) is 0.239. The summed E-state index contributed by atoms with van der Waals surface area (Å²) in [5.74, 6) is 1.57. The van der Waals surface area contributed by atoms with Crippen molar-refractivity contribution in [2.24, 2.45) is 0 Å². The zero-order chi connectivity index (χ0) is 22.9. The highest BCUT2D eigenvalue weighted by atomic mass is 32.2. The molecule has 0 radical (unpaired) electrons. The Hall–Kier alpha value is -3.71. The summed E-state index contributed by atoms with van der Waals surface area (Å²) in [5.41, 5.74) is 2.98. The highest BCUT2D eigenvalue weighted by Crippen LogP contribution is 2.41. The zero-order valence-corrected chi connectivity index (χ0v) is 18.8. The van der Waals surface area contributed by atoms with Gasteiger partial charge in [0.25, 0.3) is 10.0 Å². The van der Waals surface area contributed by atoms with E-state index in [0.29, 0.717) is 22.8 Å². The van der Waals surface area contributed by atoms with E-state index in [4.69, 9.17) is 14.2 Å². The van der Waals surface area contributed by atoms with E-state index >= 15 is 0 Å². The van der Waals surface area contributed by atoms with E-state index in [-0.39, 0.29) is 4.90 Å². The van der Waals surface area contributed by atoms with Crippen LogP contribution >= 0.6 is 0 Å². The van der Waals surface area contributed by atoms with Gasteiger partial charge in [-0.25, -0.2) is 12.4 Å². The maximum atomic E-state index is 13.1. The van der Waals surface area contributed by atoms with Gasteiger partial charge in [0.1, 0.15) is 0 Å². The molecule has 0 fully saturated rings. The molecule has 0 N–H and O–H groups in total. The third-order valence-electron chi connectivity index (χ3n) is 5.32. The smallest absolute Gasteiger partial charge is 0.268 e. The Bertz CT molecular complexity index is 1380. The number of ether oxygens (including phenoxy) is 3. The molecule has 4 aromatic rings. The molecule has 0 aliphatic rings. The van der Waals surface area contributed by atoms with Crippen molar-refractivity contribution >= 4 is 26.5 Å². The molecule has 0 atom stereocenters. The predicted octanol–water partition coefficient (Wildman–Crippen LogP) is 4.97. The Morgan fingerprint density at radius 3 is 2.06 bits per heavy atom. The van der Waals surface area contributed by atoms with Crippen LogP contribution in [-0.4, -0.2) is 33.7 Å². The van der Waals surface area contributed by atoms with Crippen LogP contribution in [0.2, 0.25) is 0 Å². The van der Waals surface area contributed by atoms with Crippen LogP contribution in [0.3, 0.4) is 0 Å². The quantitative estimate of drug-likeness (QED) is 0.399. The molecule has 32 heavy (non-hydrogen) atoms. The number of fused-ring (bicyclic) bond motifs is 1. The summed E-state index contributed by atoms with van der Waals surface area (Å²) in [5, 5.41) is 0.788. The summed E-state index contributed by atoms with van der Waals surface area (Å²) in [6, 6.07) is 19.4. The van der Waals surface area contributed by atoms with Crippen LogP contribution in [0, 0.1) is 0 Å². The van der Waals surface area contributed by atoms with Crippen molar-refractivity contribution in [1.29, 1.82) is 0 Å². The highest BCUT2D eigenvalue weighted by Gasteiger charge is 2.19. The van der Waals surface area contributed by atoms with Gasteiger partial charge < -0.3 is 14.2 Å². The fourth-order valence-electron chi connectivity index (χ4n) is 3.64. The van der Waals surface area contributed by atoms with Crippen molar-refractivity contribution in [2.45, 2.75) is 4.90 Å². The average molecular weight is 450 g/mol. The first-order valence-electron chi connectivity index (χ1n) is 9.82. The minimum Gasteiger partial charge on any atom is -0.493 e. The Morgan fingerprint density at radius 2 is 1.47 bits per heavy atom. The summed E-state index contributed by atoms with van der Waals surface area (Å²) in [6.07, 6.45) is 1.57. The molecule has 7 heteroatoms. The molecule has 6 nitrogen and oxygen atoms in total. The molecular formula is C25H23NO5S.